The van der Waals surface area contributed by atoms with E-state index in [0.717, 1.165) is 4.31 Å². The first-order valence-corrected chi connectivity index (χ1v) is 14.9. The topological polar surface area (TPSA) is 86.8 Å². The van der Waals surface area contributed by atoms with Crippen LogP contribution in [-0.4, -0.2) is 44.3 Å². The number of halogens is 4. The van der Waals surface area contributed by atoms with Crippen LogP contribution in [0.5, 0.6) is 0 Å². The van der Waals surface area contributed by atoms with Gasteiger partial charge in [0.05, 0.1) is 25.7 Å². The largest absolute Gasteiger partial charge is 0.354 e. The van der Waals surface area contributed by atoms with E-state index in [0.29, 0.717) is 28.6 Å². The Labute approximate surface area is 248 Å². The van der Waals surface area contributed by atoms with Gasteiger partial charge in [-0.1, -0.05) is 77.6 Å². The number of sulfonamides is 1. The number of benzene rings is 3. The maximum absolute atomic E-state index is 13.9. The standard InChI is InChI=1S/C27H27Cl4N3O4S/c1-3-13-32-27(36)18(2)33(16-19-9-11-22(29)23(30)14-19)26(35)17-34(25-12-10-20(28)15-24(25)31)39(37,38)21-7-5-4-6-8-21/h4-12,14-15,18H,3,13,16-17H2,1-2H3,(H,32,36)/t18-/m0/s1. The normalized spacial score (nSPS) is 12.1. The minimum atomic E-state index is -4.24. The molecule has 0 saturated carbocycles. The van der Waals surface area contributed by atoms with Crippen molar-refractivity contribution in [1.82, 2.24) is 10.2 Å². The summed E-state index contributed by atoms with van der Waals surface area (Å²) in [4.78, 5) is 28.0. The molecule has 1 N–H and O–H groups in total. The van der Waals surface area contributed by atoms with E-state index in [9.17, 15) is 18.0 Å². The van der Waals surface area contributed by atoms with Crippen LogP contribution in [0.15, 0.2) is 71.6 Å². The van der Waals surface area contributed by atoms with Crippen LogP contribution in [0, 0.1) is 0 Å². The lowest BCUT2D eigenvalue weighted by Crippen LogP contribution is -2.51. The van der Waals surface area contributed by atoms with E-state index < -0.39 is 28.5 Å². The number of carbonyl (C=O) groups is 2. The average Bonchev–Trinajstić information content (AvgIpc) is 2.91. The molecule has 1 atom stereocenters. The van der Waals surface area contributed by atoms with Gasteiger partial charge in [0, 0.05) is 18.1 Å². The number of hydrogen-bond acceptors (Lipinski definition) is 4. The fourth-order valence-electron chi connectivity index (χ4n) is 3.73. The van der Waals surface area contributed by atoms with Crippen molar-refractivity contribution in [2.75, 3.05) is 17.4 Å². The third kappa shape index (κ3) is 7.80. The summed E-state index contributed by atoms with van der Waals surface area (Å²) >= 11 is 24.7. The predicted octanol–water partition coefficient (Wildman–Crippen LogP) is 6.44. The highest BCUT2D eigenvalue weighted by molar-refractivity contribution is 7.92. The summed E-state index contributed by atoms with van der Waals surface area (Å²) in [6, 6.07) is 15.9. The second-order valence-electron chi connectivity index (χ2n) is 8.66. The molecular weight excluding hydrogens is 604 g/mol. The number of hydrogen-bond donors (Lipinski definition) is 1. The number of nitrogens with zero attached hydrogens (tertiary/aromatic N) is 2. The molecule has 0 spiro atoms. The van der Waals surface area contributed by atoms with E-state index in [4.69, 9.17) is 46.4 Å². The Morgan fingerprint density at radius 2 is 1.59 bits per heavy atom. The Hall–Kier alpha value is -2.49. The number of anilines is 1. The zero-order valence-corrected chi connectivity index (χ0v) is 25.0. The van der Waals surface area contributed by atoms with Gasteiger partial charge in [0.25, 0.3) is 10.0 Å². The van der Waals surface area contributed by atoms with E-state index in [-0.39, 0.29) is 33.1 Å². The first-order valence-electron chi connectivity index (χ1n) is 12.0. The molecule has 3 aromatic rings. The zero-order chi connectivity index (χ0) is 28.7. The van der Waals surface area contributed by atoms with Gasteiger partial charge in [0.1, 0.15) is 12.6 Å². The Kier molecular flexibility index (Phi) is 10.9. The summed E-state index contributed by atoms with van der Waals surface area (Å²) in [5.41, 5.74) is 0.672. The predicted molar refractivity (Wildman–Crippen MR) is 157 cm³/mol. The molecule has 2 amide bonds. The van der Waals surface area contributed by atoms with E-state index in [1.807, 2.05) is 6.92 Å². The summed E-state index contributed by atoms with van der Waals surface area (Å²) < 4.78 is 28.4. The highest BCUT2D eigenvalue weighted by atomic mass is 35.5. The lowest BCUT2D eigenvalue weighted by molar-refractivity contribution is -0.139. The van der Waals surface area contributed by atoms with Crippen molar-refractivity contribution >= 4 is 73.9 Å². The molecule has 0 radical (unpaired) electrons. The monoisotopic (exact) mass is 629 g/mol. The summed E-state index contributed by atoms with van der Waals surface area (Å²) in [6.07, 6.45) is 0.706. The highest BCUT2D eigenvalue weighted by Crippen LogP contribution is 2.33. The van der Waals surface area contributed by atoms with E-state index in [1.165, 1.54) is 35.2 Å². The SMILES string of the molecule is CCCNC(=O)[C@H](C)N(Cc1ccc(Cl)c(Cl)c1)C(=O)CN(c1ccc(Cl)cc1Cl)S(=O)(=O)c1ccccc1. The van der Waals surface area contributed by atoms with E-state index >= 15 is 0 Å². The van der Waals surface area contributed by atoms with Gasteiger partial charge >= 0.3 is 0 Å². The first kappa shape index (κ1) is 31.0. The molecule has 0 saturated heterocycles. The highest BCUT2D eigenvalue weighted by Gasteiger charge is 2.33. The van der Waals surface area contributed by atoms with E-state index in [1.54, 1.807) is 43.3 Å². The summed E-state index contributed by atoms with van der Waals surface area (Å²) in [7, 11) is -4.24. The summed E-state index contributed by atoms with van der Waals surface area (Å²) in [6.45, 7) is 3.25. The molecule has 3 aromatic carbocycles. The third-order valence-electron chi connectivity index (χ3n) is 5.84. The van der Waals surface area contributed by atoms with Crippen molar-refractivity contribution < 1.29 is 18.0 Å². The van der Waals surface area contributed by atoms with Crippen molar-refractivity contribution in [3.05, 3.63) is 92.4 Å². The van der Waals surface area contributed by atoms with Crippen molar-refractivity contribution in [3.63, 3.8) is 0 Å². The average molecular weight is 631 g/mol. The van der Waals surface area contributed by atoms with Gasteiger partial charge < -0.3 is 10.2 Å². The Balaban J connectivity index is 2.05. The lowest BCUT2D eigenvalue weighted by Gasteiger charge is -2.32. The molecule has 208 valence electrons. The minimum Gasteiger partial charge on any atom is -0.354 e. The van der Waals surface area contributed by atoms with Crippen LogP contribution in [0.25, 0.3) is 0 Å². The van der Waals surface area contributed by atoms with Crippen LogP contribution >= 0.6 is 46.4 Å². The molecule has 12 heteroatoms. The van der Waals surface area contributed by atoms with Crippen LogP contribution in [0.3, 0.4) is 0 Å². The minimum absolute atomic E-state index is 0.0238. The second kappa shape index (κ2) is 13.7. The molecule has 0 aliphatic rings. The number of nitrogens with one attached hydrogen (secondary N) is 1. The van der Waals surface area contributed by atoms with Crippen LogP contribution in [0.1, 0.15) is 25.8 Å². The van der Waals surface area contributed by atoms with Crippen molar-refractivity contribution in [2.45, 2.75) is 37.8 Å². The van der Waals surface area contributed by atoms with Gasteiger partial charge in [-0.2, -0.15) is 0 Å². The van der Waals surface area contributed by atoms with E-state index in [2.05, 4.69) is 5.32 Å². The molecule has 0 bridgehead atoms. The Morgan fingerprint density at radius 1 is 0.897 bits per heavy atom. The number of amides is 2. The van der Waals surface area contributed by atoms with Crippen LogP contribution < -0.4 is 9.62 Å². The molecular formula is C27H27Cl4N3O4S. The van der Waals surface area contributed by atoms with Crippen LogP contribution in [-0.2, 0) is 26.2 Å². The second-order valence-corrected chi connectivity index (χ2v) is 12.2. The number of carbonyl (C=O) groups excluding carboxylic acids is 2. The third-order valence-corrected chi connectivity index (χ3v) is 8.89. The Morgan fingerprint density at radius 3 is 2.21 bits per heavy atom. The van der Waals surface area contributed by atoms with Crippen molar-refractivity contribution in [3.8, 4) is 0 Å². The summed E-state index contributed by atoms with van der Waals surface area (Å²) in [5, 5.41) is 3.75. The molecule has 0 aliphatic carbocycles. The van der Waals surface area contributed by atoms with Gasteiger partial charge in [-0.25, -0.2) is 8.42 Å². The molecule has 7 nitrogen and oxygen atoms in total. The molecule has 3 rings (SSSR count). The molecule has 0 aliphatic heterocycles. The van der Waals surface area contributed by atoms with Crippen molar-refractivity contribution in [2.24, 2.45) is 0 Å². The molecule has 0 unspecified atom stereocenters. The fraction of sp³-hybridized carbons (Fsp3) is 0.259. The lowest BCUT2D eigenvalue weighted by atomic mass is 10.1. The first-order chi connectivity index (χ1) is 18.4. The van der Waals surface area contributed by atoms with Crippen molar-refractivity contribution in [1.29, 1.82) is 0 Å². The molecule has 0 aromatic heterocycles. The molecule has 0 fully saturated rings. The van der Waals surface area contributed by atoms with Gasteiger partial charge in [-0.3, -0.25) is 13.9 Å². The van der Waals surface area contributed by atoms with Gasteiger partial charge in [0.2, 0.25) is 11.8 Å². The maximum Gasteiger partial charge on any atom is 0.264 e. The number of rotatable bonds is 11. The molecule has 0 heterocycles. The van der Waals surface area contributed by atoms with Gasteiger partial charge in [-0.05, 0) is 61.4 Å². The molecule has 39 heavy (non-hydrogen) atoms. The Bertz CT molecular complexity index is 1440. The zero-order valence-electron chi connectivity index (χ0n) is 21.2. The maximum atomic E-state index is 13.9. The quantitative estimate of drug-likeness (QED) is 0.264. The van der Waals surface area contributed by atoms with Crippen LogP contribution in [0.2, 0.25) is 20.1 Å². The fourth-order valence-corrected chi connectivity index (χ4v) is 6.07. The van der Waals surface area contributed by atoms with Gasteiger partial charge in [-0.15, -0.1) is 0 Å². The van der Waals surface area contributed by atoms with Crippen LogP contribution in [0.4, 0.5) is 5.69 Å². The van der Waals surface area contributed by atoms with Gasteiger partial charge in [0.15, 0.2) is 0 Å². The summed E-state index contributed by atoms with van der Waals surface area (Å²) in [5.74, 6) is -1.02. The smallest absolute Gasteiger partial charge is 0.264 e.